The van der Waals surface area contributed by atoms with Gasteiger partial charge in [-0.15, -0.1) is 0 Å². The van der Waals surface area contributed by atoms with Crippen molar-refractivity contribution in [3.8, 4) is 0 Å². The van der Waals surface area contributed by atoms with Crippen LogP contribution >= 0.6 is 0 Å². The highest BCUT2D eigenvalue weighted by Gasteiger charge is 2.31. The molecule has 0 radical (unpaired) electrons. The van der Waals surface area contributed by atoms with Gasteiger partial charge in [0.15, 0.2) is 5.82 Å². The lowest BCUT2D eigenvalue weighted by Crippen LogP contribution is -2.33. The van der Waals surface area contributed by atoms with Crippen molar-refractivity contribution in [2.45, 2.75) is 50.8 Å². The molecule has 146 valence electrons. The second-order valence-electron chi connectivity index (χ2n) is 6.99. The van der Waals surface area contributed by atoms with E-state index in [0.717, 1.165) is 25.0 Å². The summed E-state index contributed by atoms with van der Waals surface area (Å²) in [5.41, 5.74) is -0.843. The van der Waals surface area contributed by atoms with Gasteiger partial charge < -0.3 is 5.32 Å². The molecular formula is C18H26F2N2O3S. The molecular weight excluding hydrogens is 362 g/mol. The molecule has 0 spiro atoms. The maximum absolute atomic E-state index is 14.8. The lowest BCUT2D eigenvalue weighted by atomic mass is 10.1. The summed E-state index contributed by atoms with van der Waals surface area (Å²) >= 11 is 0. The summed E-state index contributed by atoms with van der Waals surface area (Å²) in [5.74, 6) is -3.01. The van der Waals surface area contributed by atoms with E-state index >= 15 is 0 Å². The van der Waals surface area contributed by atoms with Gasteiger partial charge in [-0.1, -0.05) is 26.7 Å². The Kier molecular flexibility index (Phi) is 7.11. The van der Waals surface area contributed by atoms with Gasteiger partial charge in [0.05, 0.1) is 0 Å². The van der Waals surface area contributed by atoms with Gasteiger partial charge in [0.25, 0.3) is 5.91 Å². The summed E-state index contributed by atoms with van der Waals surface area (Å²) in [6, 6.07) is 1.74. The summed E-state index contributed by atoms with van der Waals surface area (Å²) in [5, 5.41) is 2.45. The van der Waals surface area contributed by atoms with Crippen LogP contribution in [0.3, 0.4) is 0 Å². The Bertz CT molecular complexity index is 743. The molecule has 0 aliphatic carbocycles. The maximum atomic E-state index is 14.8. The van der Waals surface area contributed by atoms with E-state index in [-0.39, 0.29) is 6.54 Å². The average molecular weight is 388 g/mol. The zero-order chi connectivity index (χ0) is 19.3. The molecule has 1 amide bonds. The number of rotatable bonds is 6. The van der Waals surface area contributed by atoms with Gasteiger partial charge in [-0.05, 0) is 37.3 Å². The molecule has 1 aliphatic rings. The molecule has 0 saturated carbocycles. The van der Waals surface area contributed by atoms with Crippen LogP contribution < -0.4 is 5.32 Å². The molecule has 0 aromatic heterocycles. The number of carbonyl (C=O) groups is 1. The van der Waals surface area contributed by atoms with Crippen molar-refractivity contribution in [1.29, 1.82) is 0 Å². The van der Waals surface area contributed by atoms with Crippen LogP contribution in [-0.2, 0) is 10.0 Å². The Morgan fingerprint density at radius 3 is 2.35 bits per heavy atom. The Morgan fingerprint density at radius 2 is 1.77 bits per heavy atom. The lowest BCUT2D eigenvalue weighted by molar-refractivity contribution is 0.0943. The highest BCUT2D eigenvalue weighted by atomic mass is 32.2. The van der Waals surface area contributed by atoms with E-state index in [2.05, 4.69) is 5.32 Å². The van der Waals surface area contributed by atoms with E-state index in [9.17, 15) is 22.0 Å². The van der Waals surface area contributed by atoms with Crippen LogP contribution in [0.25, 0.3) is 0 Å². The van der Waals surface area contributed by atoms with Gasteiger partial charge in [0, 0.05) is 19.6 Å². The highest BCUT2D eigenvalue weighted by molar-refractivity contribution is 7.89. The Labute approximate surface area is 153 Å². The second-order valence-corrected chi connectivity index (χ2v) is 8.90. The van der Waals surface area contributed by atoms with Crippen LogP contribution in [0.4, 0.5) is 8.78 Å². The Morgan fingerprint density at radius 1 is 1.15 bits per heavy atom. The van der Waals surface area contributed by atoms with Gasteiger partial charge in [-0.2, -0.15) is 4.31 Å². The standard InChI is InChI=1S/C18H26F2N2O3S/c1-13(2)9-10-21-18(23)16-14(19)7-8-15(17(16)20)26(24,25)22-11-5-3-4-6-12-22/h7-8,13H,3-6,9-12H2,1-2H3,(H,21,23). The number of benzene rings is 1. The van der Waals surface area contributed by atoms with E-state index < -0.39 is 38.0 Å². The van der Waals surface area contributed by atoms with E-state index in [1.165, 1.54) is 4.31 Å². The van der Waals surface area contributed by atoms with Gasteiger partial charge in [-0.3, -0.25) is 4.79 Å². The number of sulfonamides is 1. The zero-order valence-electron chi connectivity index (χ0n) is 15.2. The van der Waals surface area contributed by atoms with E-state index in [1.807, 2.05) is 13.8 Å². The van der Waals surface area contributed by atoms with Crippen molar-refractivity contribution < 1.29 is 22.0 Å². The second kappa shape index (κ2) is 8.90. The predicted molar refractivity (Wildman–Crippen MR) is 95.4 cm³/mol. The molecule has 1 aliphatic heterocycles. The van der Waals surface area contributed by atoms with Crippen LogP contribution in [-0.4, -0.2) is 38.3 Å². The number of nitrogens with one attached hydrogen (secondary N) is 1. The van der Waals surface area contributed by atoms with Crippen molar-refractivity contribution in [3.05, 3.63) is 29.3 Å². The van der Waals surface area contributed by atoms with Crippen molar-refractivity contribution >= 4 is 15.9 Å². The Balaban J connectivity index is 2.31. The summed E-state index contributed by atoms with van der Waals surface area (Å²) in [7, 11) is -4.11. The van der Waals surface area contributed by atoms with Gasteiger partial charge in [0.2, 0.25) is 10.0 Å². The lowest BCUT2D eigenvalue weighted by Gasteiger charge is -2.21. The first kappa shape index (κ1) is 20.8. The summed E-state index contributed by atoms with van der Waals surface area (Å²) in [6.07, 6.45) is 3.89. The van der Waals surface area contributed by atoms with E-state index in [0.29, 0.717) is 38.3 Å². The minimum absolute atomic E-state index is 0.262. The highest BCUT2D eigenvalue weighted by Crippen LogP contribution is 2.26. The summed E-state index contributed by atoms with van der Waals surface area (Å²) in [6.45, 7) is 4.78. The van der Waals surface area contributed by atoms with Gasteiger partial charge in [-0.25, -0.2) is 17.2 Å². The normalized spacial score (nSPS) is 16.5. The predicted octanol–water partition coefficient (Wildman–Crippen LogP) is 3.31. The molecule has 1 fully saturated rings. The fourth-order valence-electron chi connectivity index (χ4n) is 2.92. The quantitative estimate of drug-likeness (QED) is 0.813. The number of amides is 1. The van der Waals surface area contributed by atoms with Gasteiger partial charge in [0.1, 0.15) is 16.3 Å². The third-order valence-corrected chi connectivity index (χ3v) is 6.39. The molecule has 0 unspecified atom stereocenters. The fraction of sp³-hybridized carbons (Fsp3) is 0.611. The minimum atomic E-state index is -4.11. The van der Waals surface area contributed by atoms with Crippen LogP contribution in [0.15, 0.2) is 17.0 Å². The van der Waals surface area contributed by atoms with Crippen LogP contribution in [0.1, 0.15) is 56.3 Å². The molecule has 2 rings (SSSR count). The minimum Gasteiger partial charge on any atom is -0.352 e. The first-order valence-electron chi connectivity index (χ1n) is 9.01. The van der Waals surface area contributed by atoms with Crippen LogP contribution in [0, 0.1) is 17.6 Å². The van der Waals surface area contributed by atoms with Crippen molar-refractivity contribution in [2.24, 2.45) is 5.92 Å². The molecule has 26 heavy (non-hydrogen) atoms. The van der Waals surface area contributed by atoms with Crippen LogP contribution in [0.5, 0.6) is 0 Å². The molecule has 1 saturated heterocycles. The largest absolute Gasteiger partial charge is 0.352 e. The topological polar surface area (TPSA) is 66.5 Å². The molecule has 0 atom stereocenters. The molecule has 1 N–H and O–H groups in total. The number of hydrogen-bond acceptors (Lipinski definition) is 3. The first-order chi connectivity index (χ1) is 12.2. The van der Waals surface area contributed by atoms with E-state index in [4.69, 9.17) is 0 Å². The monoisotopic (exact) mass is 388 g/mol. The average Bonchev–Trinajstić information content (AvgIpc) is 2.84. The molecule has 0 bridgehead atoms. The summed E-state index contributed by atoms with van der Waals surface area (Å²) < 4.78 is 55.7. The molecule has 1 aromatic rings. The van der Waals surface area contributed by atoms with E-state index in [1.54, 1.807) is 0 Å². The fourth-order valence-corrected chi connectivity index (χ4v) is 4.51. The molecule has 8 heteroatoms. The van der Waals surface area contributed by atoms with Crippen molar-refractivity contribution in [3.63, 3.8) is 0 Å². The maximum Gasteiger partial charge on any atom is 0.257 e. The smallest absolute Gasteiger partial charge is 0.257 e. The molecule has 1 aromatic carbocycles. The number of hydrogen-bond donors (Lipinski definition) is 1. The number of halogens is 2. The SMILES string of the molecule is CC(C)CCNC(=O)c1c(F)ccc(S(=O)(=O)N2CCCCCC2)c1F. The van der Waals surface area contributed by atoms with Crippen molar-refractivity contribution in [2.75, 3.05) is 19.6 Å². The third kappa shape index (κ3) is 4.79. The summed E-state index contributed by atoms with van der Waals surface area (Å²) in [4.78, 5) is 11.5. The third-order valence-electron chi connectivity index (χ3n) is 4.47. The number of carbonyl (C=O) groups excluding carboxylic acids is 1. The molecule has 5 nitrogen and oxygen atoms in total. The van der Waals surface area contributed by atoms with Crippen LogP contribution in [0.2, 0.25) is 0 Å². The van der Waals surface area contributed by atoms with Crippen molar-refractivity contribution in [1.82, 2.24) is 9.62 Å². The molecule has 1 heterocycles. The Hall–Kier alpha value is -1.54. The van der Waals surface area contributed by atoms with Gasteiger partial charge >= 0.3 is 0 Å². The number of nitrogens with zero attached hydrogens (tertiary/aromatic N) is 1. The first-order valence-corrected chi connectivity index (χ1v) is 10.5. The zero-order valence-corrected chi connectivity index (χ0v) is 16.0.